The molecule has 0 aliphatic carbocycles. The Balaban J connectivity index is 1.61. The molecule has 0 aliphatic rings. The molecule has 0 aliphatic heterocycles. The van der Waals surface area contributed by atoms with Gasteiger partial charge in [0.05, 0.1) is 22.9 Å². The largest absolute Gasteiger partial charge is 0.346 e. The van der Waals surface area contributed by atoms with Crippen LogP contribution in [0.25, 0.3) is 10.9 Å². The summed E-state index contributed by atoms with van der Waals surface area (Å²) in [7, 11) is 1.86. The Kier molecular flexibility index (Phi) is 5.28. The van der Waals surface area contributed by atoms with E-state index in [1.807, 2.05) is 31.3 Å². The van der Waals surface area contributed by atoms with Crippen LogP contribution in [-0.2, 0) is 20.1 Å². The molecule has 0 saturated heterocycles. The number of benzene rings is 2. The summed E-state index contributed by atoms with van der Waals surface area (Å²) in [6, 6.07) is 16.4. The van der Waals surface area contributed by atoms with Gasteiger partial charge in [-0.15, -0.1) is 0 Å². The van der Waals surface area contributed by atoms with Crippen molar-refractivity contribution in [1.82, 2.24) is 19.7 Å². The van der Waals surface area contributed by atoms with Crippen molar-refractivity contribution in [3.63, 3.8) is 0 Å². The Bertz CT molecular complexity index is 1170. The summed E-state index contributed by atoms with van der Waals surface area (Å²) in [6.07, 6.45) is 1.73. The Morgan fingerprint density at radius 2 is 1.90 bits per heavy atom. The maximum atomic E-state index is 12.7. The second-order valence-electron chi connectivity index (χ2n) is 7.26. The smallest absolute Gasteiger partial charge is 0.251 e. The summed E-state index contributed by atoms with van der Waals surface area (Å²) in [5, 5.41) is 8.29. The minimum atomic E-state index is -0.0899. The van der Waals surface area contributed by atoms with E-state index in [1.54, 1.807) is 10.9 Å². The molecule has 29 heavy (non-hydrogen) atoms. The molecule has 0 spiro atoms. The van der Waals surface area contributed by atoms with Crippen molar-refractivity contribution in [3.05, 3.63) is 87.3 Å². The molecule has 2 aromatic heterocycles. The molecular formula is C23H23BrN4O. The average molecular weight is 451 g/mol. The lowest BCUT2D eigenvalue weighted by Gasteiger charge is -2.09. The molecule has 0 unspecified atom stereocenters. The van der Waals surface area contributed by atoms with Crippen LogP contribution in [0.3, 0.4) is 0 Å². The van der Waals surface area contributed by atoms with E-state index in [2.05, 4.69) is 69.0 Å². The Morgan fingerprint density at radius 3 is 2.59 bits per heavy atom. The minimum Gasteiger partial charge on any atom is -0.346 e. The number of rotatable bonds is 5. The van der Waals surface area contributed by atoms with Crippen LogP contribution in [0.15, 0.2) is 59.2 Å². The van der Waals surface area contributed by atoms with E-state index in [0.29, 0.717) is 12.1 Å². The highest BCUT2D eigenvalue weighted by molar-refractivity contribution is 9.10. The summed E-state index contributed by atoms with van der Waals surface area (Å²) >= 11 is 3.47. The van der Waals surface area contributed by atoms with Gasteiger partial charge in [0.1, 0.15) is 0 Å². The number of hydrogen-bond donors (Lipinski definition) is 1. The number of nitrogens with one attached hydrogen (secondary N) is 1. The standard InChI is InChI=1S/C23H23BrN4O/c1-15-16(2)28(14-17-7-5-4-6-8-17)21-10-9-18(11-19(15)21)23(29)25-13-22-20(24)12-26-27(22)3/h4-12H,13-14H2,1-3H3,(H,25,29). The highest BCUT2D eigenvalue weighted by Crippen LogP contribution is 2.27. The van der Waals surface area contributed by atoms with Crippen molar-refractivity contribution in [2.75, 3.05) is 0 Å². The normalized spacial score (nSPS) is 11.2. The number of aromatic nitrogens is 3. The molecule has 5 nitrogen and oxygen atoms in total. The van der Waals surface area contributed by atoms with E-state index in [0.717, 1.165) is 27.6 Å². The fraction of sp³-hybridized carbons (Fsp3) is 0.217. The molecule has 0 fully saturated rings. The first-order valence-electron chi connectivity index (χ1n) is 9.53. The summed E-state index contributed by atoms with van der Waals surface area (Å²) in [6.45, 7) is 5.49. The number of fused-ring (bicyclic) bond motifs is 1. The predicted octanol–water partition coefficient (Wildman–Crippen LogP) is 4.73. The van der Waals surface area contributed by atoms with Crippen LogP contribution in [0.2, 0.25) is 0 Å². The number of carbonyl (C=O) groups is 1. The molecule has 0 atom stereocenters. The van der Waals surface area contributed by atoms with E-state index in [-0.39, 0.29) is 5.91 Å². The molecule has 2 aromatic carbocycles. The fourth-order valence-corrected chi connectivity index (χ4v) is 4.15. The number of hydrogen-bond acceptors (Lipinski definition) is 2. The SMILES string of the molecule is Cc1c(C)n(Cc2ccccc2)c2ccc(C(=O)NCc3c(Br)cnn3C)cc12. The quantitative estimate of drug-likeness (QED) is 0.477. The van der Waals surface area contributed by atoms with Gasteiger partial charge in [-0.25, -0.2) is 0 Å². The maximum absolute atomic E-state index is 12.7. The van der Waals surface area contributed by atoms with E-state index in [4.69, 9.17) is 0 Å². The second kappa shape index (κ2) is 7.87. The van der Waals surface area contributed by atoms with E-state index < -0.39 is 0 Å². The fourth-order valence-electron chi connectivity index (χ4n) is 3.66. The van der Waals surface area contributed by atoms with Crippen LogP contribution < -0.4 is 5.32 Å². The molecule has 2 heterocycles. The second-order valence-corrected chi connectivity index (χ2v) is 8.11. The van der Waals surface area contributed by atoms with Gasteiger partial charge in [0.25, 0.3) is 5.91 Å². The van der Waals surface area contributed by atoms with Gasteiger partial charge >= 0.3 is 0 Å². The predicted molar refractivity (Wildman–Crippen MR) is 119 cm³/mol. The lowest BCUT2D eigenvalue weighted by atomic mass is 10.1. The first kappa shape index (κ1) is 19.5. The Labute approximate surface area is 178 Å². The van der Waals surface area contributed by atoms with E-state index in [1.165, 1.54) is 16.8 Å². The summed E-state index contributed by atoms with van der Waals surface area (Å²) in [4.78, 5) is 12.7. The van der Waals surface area contributed by atoms with E-state index in [9.17, 15) is 4.79 Å². The van der Waals surface area contributed by atoms with Gasteiger partial charge < -0.3 is 9.88 Å². The van der Waals surface area contributed by atoms with Crippen molar-refractivity contribution >= 4 is 32.7 Å². The number of aryl methyl sites for hydroxylation is 2. The molecule has 0 saturated carbocycles. The molecule has 1 N–H and O–H groups in total. The molecular weight excluding hydrogens is 428 g/mol. The van der Waals surface area contributed by atoms with E-state index >= 15 is 0 Å². The zero-order chi connectivity index (χ0) is 20.5. The van der Waals surface area contributed by atoms with Gasteiger partial charge in [-0.05, 0) is 59.1 Å². The third kappa shape index (κ3) is 3.72. The third-order valence-corrected chi connectivity index (χ3v) is 6.17. The average Bonchev–Trinajstić information content (AvgIpc) is 3.18. The Hall–Kier alpha value is -2.86. The van der Waals surface area contributed by atoms with Crippen LogP contribution in [0, 0.1) is 13.8 Å². The summed E-state index contributed by atoms with van der Waals surface area (Å²) in [5.74, 6) is -0.0899. The van der Waals surface area contributed by atoms with Crippen molar-refractivity contribution in [2.45, 2.75) is 26.9 Å². The first-order chi connectivity index (χ1) is 14.0. The minimum absolute atomic E-state index is 0.0899. The molecule has 6 heteroatoms. The van der Waals surface area contributed by atoms with Crippen LogP contribution in [0.5, 0.6) is 0 Å². The first-order valence-corrected chi connectivity index (χ1v) is 10.3. The Morgan fingerprint density at radius 1 is 1.14 bits per heavy atom. The van der Waals surface area contributed by atoms with Crippen LogP contribution in [-0.4, -0.2) is 20.3 Å². The number of carbonyl (C=O) groups excluding carboxylic acids is 1. The highest BCUT2D eigenvalue weighted by atomic mass is 79.9. The van der Waals surface area contributed by atoms with Gasteiger partial charge in [-0.1, -0.05) is 30.3 Å². The molecule has 148 valence electrons. The number of halogens is 1. The van der Waals surface area contributed by atoms with Gasteiger partial charge in [0, 0.05) is 35.8 Å². The molecule has 4 rings (SSSR count). The van der Waals surface area contributed by atoms with Gasteiger partial charge in [-0.3, -0.25) is 9.48 Å². The van der Waals surface area contributed by atoms with Gasteiger partial charge in [-0.2, -0.15) is 5.10 Å². The zero-order valence-corrected chi connectivity index (χ0v) is 18.3. The lowest BCUT2D eigenvalue weighted by Crippen LogP contribution is -2.24. The van der Waals surface area contributed by atoms with Crippen molar-refractivity contribution < 1.29 is 4.79 Å². The van der Waals surface area contributed by atoms with Crippen LogP contribution in [0.4, 0.5) is 0 Å². The molecule has 0 bridgehead atoms. The zero-order valence-electron chi connectivity index (χ0n) is 16.7. The molecule has 4 aromatic rings. The highest BCUT2D eigenvalue weighted by Gasteiger charge is 2.15. The van der Waals surface area contributed by atoms with Crippen LogP contribution in [0.1, 0.15) is 32.9 Å². The topological polar surface area (TPSA) is 51.9 Å². The van der Waals surface area contributed by atoms with Gasteiger partial charge in [0.2, 0.25) is 0 Å². The lowest BCUT2D eigenvalue weighted by molar-refractivity contribution is 0.0950. The van der Waals surface area contributed by atoms with Crippen molar-refractivity contribution in [3.8, 4) is 0 Å². The molecule has 1 amide bonds. The third-order valence-electron chi connectivity index (χ3n) is 5.51. The number of amides is 1. The van der Waals surface area contributed by atoms with Crippen LogP contribution >= 0.6 is 15.9 Å². The number of nitrogens with zero attached hydrogens (tertiary/aromatic N) is 3. The monoisotopic (exact) mass is 450 g/mol. The van der Waals surface area contributed by atoms with Crippen molar-refractivity contribution in [2.24, 2.45) is 7.05 Å². The molecule has 0 radical (unpaired) electrons. The summed E-state index contributed by atoms with van der Waals surface area (Å²) < 4.78 is 4.96. The maximum Gasteiger partial charge on any atom is 0.251 e. The van der Waals surface area contributed by atoms with Gasteiger partial charge in [0.15, 0.2) is 0 Å². The summed E-state index contributed by atoms with van der Waals surface area (Å²) in [5.41, 5.74) is 6.43. The van der Waals surface area contributed by atoms with Crippen molar-refractivity contribution in [1.29, 1.82) is 0 Å².